The molecule has 1 heterocycles. The van der Waals surface area contributed by atoms with Crippen LogP contribution in [0, 0.1) is 0 Å². The van der Waals surface area contributed by atoms with E-state index >= 15 is 0 Å². The summed E-state index contributed by atoms with van der Waals surface area (Å²) >= 11 is 5.90. The average molecular weight is 347 g/mol. The van der Waals surface area contributed by atoms with Crippen molar-refractivity contribution in [3.63, 3.8) is 0 Å². The van der Waals surface area contributed by atoms with Crippen molar-refractivity contribution < 1.29 is 17.9 Å². The van der Waals surface area contributed by atoms with Crippen molar-refractivity contribution >= 4 is 33.0 Å². The number of nitrogens with one attached hydrogen (secondary N) is 2. The molecule has 1 saturated heterocycles. The van der Waals surface area contributed by atoms with Crippen LogP contribution in [0.1, 0.15) is 13.3 Å². The minimum absolute atomic E-state index is 0.0156. The van der Waals surface area contributed by atoms with E-state index < -0.39 is 15.4 Å². The molecular formula is C14H19ClN2O4S. The fourth-order valence-corrected chi connectivity index (χ4v) is 4.71. The molecule has 8 heteroatoms. The molecular weight excluding hydrogens is 328 g/mol. The Hall–Kier alpha value is -1.31. The Kier molecular flexibility index (Phi) is 4.99. The number of hydrogen-bond donors (Lipinski definition) is 2. The summed E-state index contributed by atoms with van der Waals surface area (Å²) in [6, 6.07) is 4.93. The van der Waals surface area contributed by atoms with Crippen molar-refractivity contribution in [1.29, 1.82) is 0 Å². The summed E-state index contributed by atoms with van der Waals surface area (Å²) in [5, 5.41) is 6.21. The van der Waals surface area contributed by atoms with Gasteiger partial charge in [-0.15, -0.1) is 0 Å². The Morgan fingerprint density at radius 1 is 1.45 bits per heavy atom. The van der Waals surface area contributed by atoms with Gasteiger partial charge in [0.25, 0.3) is 0 Å². The Bertz CT molecular complexity index is 677. The number of halogens is 1. The standard InChI is InChI=1S/C14H19ClN2O4S/c1-14(5-6-22(19,20)9-14)16-8-13(18)17-11-7-10(15)3-4-12(11)21-2/h3-4,7,16H,5-6,8-9H2,1-2H3,(H,17,18)/t14-/m1/s1. The molecule has 0 bridgehead atoms. The summed E-state index contributed by atoms with van der Waals surface area (Å²) in [6.07, 6.45) is 0.503. The summed E-state index contributed by atoms with van der Waals surface area (Å²) in [5.74, 6) is 0.423. The second kappa shape index (κ2) is 6.44. The Morgan fingerprint density at radius 2 is 2.18 bits per heavy atom. The van der Waals surface area contributed by atoms with E-state index in [9.17, 15) is 13.2 Å². The van der Waals surface area contributed by atoms with Gasteiger partial charge in [-0.05, 0) is 31.5 Å². The zero-order valence-electron chi connectivity index (χ0n) is 12.5. The maximum atomic E-state index is 12.0. The van der Waals surface area contributed by atoms with Crippen LogP contribution in [0.3, 0.4) is 0 Å². The van der Waals surface area contributed by atoms with Crippen LogP contribution in [0.15, 0.2) is 18.2 Å². The molecule has 0 saturated carbocycles. The zero-order chi connectivity index (χ0) is 16.4. The second-order valence-corrected chi connectivity index (χ2v) is 8.27. The molecule has 1 amide bonds. The maximum Gasteiger partial charge on any atom is 0.238 e. The largest absolute Gasteiger partial charge is 0.495 e. The number of methoxy groups -OCH3 is 1. The van der Waals surface area contributed by atoms with Gasteiger partial charge in [-0.3, -0.25) is 4.79 Å². The van der Waals surface area contributed by atoms with Crippen molar-refractivity contribution in [1.82, 2.24) is 5.32 Å². The molecule has 1 atom stereocenters. The second-order valence-electron chi connectivity index (χ2n) is 5.65. The predicted molar refractivity (Wildman–Crippen MR) is 86.3 cm³/mol. The van der Waals surface area contributed by atoms with Crippen LogP contribution < -0.4 is 15.4 Å². The third kappa shape index (κ3) is 4.34. The van der Waals surface area contributed by atoms with Gasteiger partial charge < -0.3 is 15.4 Å². The summed E-state index contributed by atoms with van der Waals surface area (Å²) in [7, 11) is -1.51. The highest BCUT2D eigenvalue weighted by Crippen LogP contribution is 2.27. The van der Waals surface area contributed by atoms with Crippen molar-refractivity contribution in [3.8, 4) is 5.75 Å². The van der Waals surface area contributed by atoms with Gasteiger partial charge >= 0.3 is 0 Å². The number of benzene rings is 1. The van der Waals surface area contributed by atoms with E-state index in [0.29, 0.717) is 22.9 Å². The van der Waals surface area contributed by atoms with Gasteiger partial charge in [0.15, 0.2) is 9.84 Å². The highest BCUT2D eigenvalue weighted by molar-refractivity contribution is 7.91. The lowest BCUT2D eigenvalue weighted by molar-refractivity contribution is -0.115. The Labute approximate surface area is 135 Å². The van der Waals surface area contributed by atoms with Crippen LogP contribution in [0.2, 0.25) is 5.02 Å². The highest BCUT2D eigenvalue weighted by Gasteiger charge is 2.38. The van der Waals surface area contributed by atoms with Crippen molar-refractivity contribution in [3.05, 3.63) is 23.2 Å². The van der Waals surface area contributed by atoms with E-state index in [1.165, 1.54) is 7.11 Å². The molecule has 1 fully saturated rings. The van der Waals surface area contributed by atoms with E-state index in [4.69, 9.17) is 16.3 Å². The summed E-state index contributed by atoms with van der Waals surface area (Å²) < 4.78 is 28.2. The molecule has 1 aliphatic heterocycles. The topological polar surface area (TPSA) is 84.5 Å². The Balaban J connectivity index is 1.95. The average Bonchev–Trinajstić information content (AvgIpc) is 2.71. The van der Waals surface area contributed by atoms with Gasteiger partial charge in [0.05, 0.1) is 30.8 Å². The lowest BCUT2D eigenvalue weighted by atomic mass is 10.0. The normalized spacial score (nSPS) is 23.2. The molecule has 0 aromatic heterocycles. The first-order chi connectivity index (χ1) is 10.2. The predicted octanol–water partition coefficient (Wildman–Crippen LogP) is 1.45. The quantitative estimate of drug-likeness (QED) is 0.843. The summed E-state index contributed by atoms with van der Waals surface area (Å²) in [5.41, 5.74) is -0.0831. The van der Waals surface area contributed by atoms with E-state index in [-0.39, 0.29) is 24.0 Å². The molecule has 2 N–H and O–H groups in total. The van der Waals surface area contributed by atoms with Crippen molar-refractivity contribution in [2.24, 2.45) is 0 Å². The third-order valence-electron chi connectivity index (χ3n) is 3.61. The van der Waals surface area contributed by atoms with Gasteiger partial charge in [-0.2, -0.15) is 0 Å². The monoisotopic (exact) mass is 346 g/mol. The fourth-order valence-electron chi connectivity index (χ4n) is 2.42. The lowest BCUT2D eigenvalue weighted by Crippen LogP contribution is -2.46. The number of rotatable bonds is 5. The number of carbonyl (C=O) groups excluding carboxylic acids is 1. The summed E-state index contributed by atoms with van der Waals surface area (Å²) in [4.78, 5) is 12.0. The minimum atomic E-state index is -3.01. The van der Waals surface area contributed by atoms with Crippen molar-refractivity contribution in [2.45, 2.75) is 18.9 Å². The first-order valence-electron chi connectivity index (χ1n) is 6.82. The molecule has 122 valence electrons. The number of ether oxygens (including phenoxy) is 1. The van der Waals surface area contributed by atoms with Gasteiger partial charge in [0, 0.05) is 10.6 Å². The Morgan fingerprint density at radius 3 is 2.77 bits per heavy atom. The molecule has 1 aromatic rings. The number of anilines is 1. The van der Waals surface area contributed by atoms with Crippen LogP contribution in [-0.4, -0.2) is 45.0 Å². The van der Waals surface area contributed by atoms with E-state index in [1.807, 2.05) is 6.92 Å². The highest BCUT2D eigenvalue weighted by atomic mass is 35.5. The minimum Gasteiger partial charge on any atom is -0.495 e. The molecule has 0 aliphatic carbocycles. The van der Waals surface area contributed by atoms with Crippen LogP contribution in [0.4, 0.5) is 5.69 Å². The fraction of sp³-hybridized carbons (Fsp3) is 0.500. The van der Waals surface area contributed by atoms with E-state index in [0.717, 1.165) is 0 Å². The summed E-state index contributed by atoms with van der Waals surface area (Å²) in [6.45, 7) is 1.83. The van der Waals surface area contributed by atoms with Crippen LogP contribution in [-0.2, 0) is 14.6 Å². The van der Waals surface area contributed by atoms with E-state index in [2.05, 4.69) is 10.6 Å². The molecule has 0 spiro atoms. The molecule has 1 aromatic carbocycles. The van der Waals surface area contributed by atoms with Crippen molar-refractivity contribution in [2.75, 3.05) is 30.5 Å². The molecule has 6 nitrogen and oxygen atoms in total. The third-order valence-corrected chi connectivity index (χ3v) is 5.75. The first-order valence-corrected chi connectivity index (χ1v) is 9.02. The number of carbonyl (C=O) groups is 1. The van der Waals surface area contributed by atoms with Crippen LogP contribution in [0.5, 0.6) is 5.75 Å². The number of amides is 1. The molecule has 2 rings (SSSR count). The number of sulfone groups is 1. The smallest absolute Gasteiger partial charge is 0.238 e. The SMILES string of the molecule is COc1ccc(Cl)cc1NC(=O)CN[C@]1(C)CCS(=O)(=O)C1. The molecule has 22 heavy (non-hydrogen) atoms. The van der Waals surface area contributed by atoms with Gasteiger partial charge in [-0.1, -0.05) is 11.6 Å². The lowest BCUT2D eigenvalue weighted by Gasteiger charge is -2.23. The first kappa shape index (κ1) is 17.1. The van der Waals surface area contributed by atoms with Crippen LogP contribution >= 0.6 is 11.6 Å². The molecule has 0 radical (unpaired) electrons. The maximum absolute atomic E-state index is 12.0. The molecule has 0 unspecified atom stereocenters. The van der Waals surface area contributed by atoms with Crippen LogP contribution in [0.25, 0.3) is 0 Å². The van der Waals surface area contributed by atoms with Gasteiger partial charge in [0.2, 0.25) is 5.91 Å². The van der Waals surface area contributed by atoms with Gasteiger partial charge in [0.1, 0.15) is 5.75 Å². The number of hydrogen-bond acceptors (Lipinski definition) is 5. The zero-order valence-corrected chi connectivity index (χ0v) is 14.1. The van der Waals surface area contributed by atoms with Gasteiger partial charge in [-0.25, -0.2) is 8.42 Å². The van der Waals surface area contributed by atoms with E-state index in [1.54, 1.807) is 18.2 Å². The molecule has 1 aliphatic rings.